The van der Waals surface area contributed by atoms with Crippen molar-refractivity contribution in [1.29, 1.82) is 0 Å². The Morgan fingerprint density at radius 1 is 0.160 bits per heavy atom. The van der Waals surface area contributed by atoms with Crippen LogP contribution in [0, 0.1) is 0 Å². The van der Waals surface area contributed by atoms with E-state index in [-0.39, 0.29) is 0 Å². The molecule has 4 aromatic heterocycles. The van der Waals surface area contributed by atoms with Gasteiger partial charge in [0.05, 0.1) is 11.0 Å². The standard InChI is InChI=1S/C43H25N3.C38H24N2.2C29H17N3/c1-2-6-35-32(5-1)23-40-38-8-4-3-7-37(38)39-18-17-36(41(35)42(39)40)33-15-13-28-19-26(9-11-30(28)21-33)27-10-12-31-22-34(16-14-29(31)20-27)43-45-24-44-25-46-43;1-40-34-19-7-6-18-33(34)39-38(40)24-11-8-10-23(22-24)25-20-21-32-35-28(25)16-9-17-31(35)36-29-14-4-2-12-26(29)27-13-3-5-15-30(27)37(32)36;2*1-2-6-23-21(4-1)14-22-5-3-7-25-24-13-12-20(15-26(24)28(23)27(22)25)18-8-10-19(11-9-18)29-31-16-30-17-32-29/h1-25H;2-22H,1H3;2*1-17H. The Balaban J connectivity index is 0.0000000929. The maximum absolute atomic E-state index is 4.97. The Morgan fingerprint density at radius 3 is 1.07 bits per heavy atom. The summed E-state index contributed by atoms with van der Waals surface area (Å²) >= 11 is 0. The molecule has 11 nitrogen and oxygen atoms in total. The Hall–Kier alpha value is -20.1. The van der Waals surface area contributed by atoms with Crippen LogP contribution in [0.2, 0.25) is 0 Å². The second kappa shape index (κ2) is 34.6. The number of aromatic nitrogens is 11. The molecule has 0 aliphatic heterocycles. The first-order valence-electron chi connectivity index (χ1n) is 50.8. The maximum Gasteiger partial charge on any atom is 0.162 e. The smallest absolute Gasteiger partial charge is 0.162 e. The molecular formula is C139H83N11. The normalized spacial score (nSPS) is 11.9. The molecule has 29 aromatic rings. The van der Waals surface area contributed by atoms with Crippen molar-refractivity contribution >= 4 is 130 Å². The largest absolute Gasteiger partial charge is 0.327 e. The van der Waals surface area contributed by atoms with Crippen LogP contribution in [0.4, 0.5) is 0 Å². The number of hydrogen-bond acceptors (Lipinski definition) is 10. The second-order valence-electron chi connectivity index (χ2n) is 39.3. The van der Waals surface area contributed by atoms with E-state index in [9.17, 15) is 0 Å². The zero-order valence-corrected chi connectivity index (χ0v) is 81.1. The number of hydrogen-bond donors (Lipinski definition) is 0. The Bertz CT molecular complexity index is 10400. The molecule has 0 atom stereocenters. The average molecular weight is 1910 g/mol. The van der Waals surface area contributed by atoms with Crippen LogP contribution >= 0.6 is 0 Å². The third-order valence-corrected chi connectivity index (χ3v) is 31.2. The zero-order chi connectivity index (χ0) is 98.7. The highest BCUT2D eigenvalue weighted by Gasteiger charge is 2.32. The lowest BCUT2D eigenvalue weighted by molar-refractivity contribution is 0.959. The van der Waals surface area contributed by atoms with E-state index in [4.69, 9.17) is 4.98 Å². The third kappa shape index (κ3) is 13.9. The molecule has 0 fully saturated rings. The van der Waals surface area contributed by atoms with Gasteiger partial charge in [0.1, 0.15) is 43.8 Å². The topological polar surface area (TPSA) is 134 Å². The predicted octanol–water partition coefficient (Wildman–Crippen LogP) is 35.5. The van der Waals surface area contributed by atoms with Gasteiger partial charge in [0, 0.05) is 29.3 Å². The van der Waals surface area contributed by atoms with Crippen molar-refractivity contribution in [3.8, 4) is 190 Å². The van der Waals surface area contributed by atoms with Crippen LogP contribution in [-0.4, -0.2) is 54.4 Å². The van der Waals surface area contributed by atoms with E-state index in [1.807, 2.05) is 6.07 Å². The summed E-state index contributed by atoms with van der Waals surface area (Å²) < 4.78 is 2.19. The van der Waals surface area contributed by atoms with E-state index in [1.54, 1.807) is 0 Å². The van der Waals surface area contributed by atoms with Crippen LogP contribution in [0.25, 0.3) is 320 Å². The molecule has 4 aliphatic carbocycles. The molecule has 4 heterocycles. The van der Waals surface area contributed by atoms with Crippen LogP contribution in [0.3, 0.4) is 0 Å². The van der Waals surface area contributed by atoms with Gasteiger partial charge in [0.25, 0.3) is 0 Å². The minimum Gasteiger partial charge on any atom is -0.327 e. The predicted molar refractivity (Wildman–Crippen MR) is 619 cm³/mol. The molecular weight excluding hydrogens is 1820 g/mol. The van der Waals surface area contributed by atoms with Gasteiger partial charge in [-0.15, -0.1) is 0 Å². The summed E-state index contributed by atoms with van der Waals surface area (Å²) in [7, 11) is 2.10. The first-order chi connectivity index (χ1) is 74.3. The van der Waals surface area contributed by atoms with Crippen LogP contribution < -0.4 is 0 Å². The van der Waals surface area contributed by atoms with E-state index in [1.165, 1.54) is 296 Å². The summed E-state index contributed by atoms with van der Waals surface area (Å²) in [6.07, 6.45) is 9.18. The molecule has 11 heteroatoms. The first kappa shape index (κ1) is 85.4. The quantitative estimate of drug-likeness (QED) is 0.102. The van der Waals surface area contributed by atoms with Crippen LogP contribution in [0.15, 0.2) is 487 Å². The van der Waals surface area contributed by atoms with Crippen molar-refractivity contribution in [1.82, 2.24) is 54.4 Å². The highest BCUT2D eigenvalue weighted by molar-refractivity contribution is 6.33. The van der Waals surface area contributed by atoms with Gasteiger partial charge in [-0.25, -0.2) is 49.8 Å². The summed E-state index contributed by atoms with van der Waals surface area (Å²) in [4.78, 5) is 42.3. The SMILES string of the molecule is Cn1c(-c2cccc(-c3ccc4c5c(cccc35)-c3c-4c4ccccc4c4ccccc34)c2)nc2ccccc21.c1ccc2c(c1)-c1ccc(-c3ccc4cc(-c5ccc6cc(-c7ncncn7)ccc6c5)ccc4c3)c3c1c-2cc1ccccc13.c1ccc2c3c4c(cccc4cc2c1)-c1ccc(-c2ccc(-c4ncncn4)cc2)cc1-3.c1ccc2c3c4c(cccc4cc2c1)-c1ccc(-c2ccc(-c4ncncn4)cc2)cc1-3. The number of benzene rings is 25. The molecule has 0 N–H and O–H groups in total. The molecule has 0 radical (unpaired) electrons. The summed E-state index contributed by atoms with van der Waals surface area (Å²) in [5.74, 6) is 3.05. The van der Waals surface area contributed by atoms with Gasteiger partial charge < -0.3 is 4.57 Å². The van der Waals surface area contributed by atoms with Crippen LogP contribution in [-0.2, 0) is 7.05 Å². The van der Waals surface area contributed by atoms with Gasteiger partial charge in [-0.1, -0.05) is 376 Å². The van der Waals surface area contributed by atoms with Gasteiger partial charge in [0.2, 0.25) is 0 Å². The fourth-order valence-electron chi connectivity index (χ4n) is 24.4. The number of aryl methyl sites for hydroxylation is 1. The molecule has 0 saturated carbocycles. The summed E-state index contributed by atoms with van der Waals surface area (Å²) in [6.45, 7) is 0. The highest BCUT2D eigenvalue weighted by Crippen LogP contribution is 2.59. The summed E-state index contributed by atoms with van der Waals surface area (Å²) in [6, 6.07) is 164. The molecule has 694 valence electrons. The number of imidazole rings is 1. The molecule has 0 unspecified atom stereocenters. The summed E-state index contributed by atoms with van der Waals surface area (Å²) in [5, 5.41) is 28.6. The lowest BCUT2D eigenvalue weighted by Crippen LogP contribution is -1.93. The number of rotatable bonds is 9. The lowest BCUT2D eigenvalue weighted by atomic mass is 9.89. The van der Waals surface area contributed by atoms with E-state index < -0.39 is 0 Å². The lowest BCUT2D eigenvalue weighted by Gasteiger charge is -2.14. The average Bonchev–Trinajstić information content (AvgIpc) is 1.53. The number of nitrogens with zero attached hydrogens (tertiary/aromatic N) is 11. The second-order valence-corrected chi connectivity index (χ2v) is 39.3. The molecule has 0 bridgehead atoms. The van der Waals surface area contributed by atoms with Crippen LogP contribution in [0.1, 0.15) is 0 Å². The van der Waals surface area contributed by atoms with Gasteiger partial charge in [-0.3, -0.25) is 0 Å². The molecule has 0 saturated heterocycles. The fourth-order valence-corrected chi connectivity index (χ4v) is 24.4. The molecule has 0 amide bonds. The van der Waals surface area contributed by atoms with E-state index in [0.29, 0.717) is 17.5 Å². The Morgan fingerprint density at radius 2 is 0.507 bits per heavy atom. The van der Waals surface area contributed by atoms with Crippen molar-refractivity contribution in [2.45, 2.75) is 0 Å². The van der Waals surface area contributed by atoms with Crippen molar-refractivity contribution < 1.29 is 0 Å². The van der Waals surface area contributed by atoms with Crippen molar-refractivity contribution in [3.63, 3.8) is 0 Å². The van der Waals surface area contributed by atoms with E-state index in [2.05, 4.69) is 499 Å². The van der Waals surface area contributed by atoms with Crippen molar-refractivity contribution in [2.24, 2.45) is 7.05 Å². The van der Waals surface area contributed by atoms with Gasteiger partial charge >= 0.3 is 0 Å². The van der Waals surface area contributed by atoms with E-state index >= 15 is 0 Å². The molecule has 150 heavy (non-hydrogen) atoms. The van der Waals surface area contributed by atoms with Crippen LogP contribution in [0.5, 0.6) is 0 Å². The molecule has 25 aromatic carbocycles. The number of fused-ring (bicyclic) bond motifs is 26. The van der Waals surface area contributed by atoms with Crippen molar-refractivity contribution in [3.05, 3.63) is 487 Å². The minimum absolute atomic E-state index is 0.685. The van der Waals surface area contributed by atoms with Gasteiger partial charge in [-0.05, 0) is 336 Å². The Labute approximate surface area is 861 Å². The third-order valence-electron chi connectivity index (χ3n) is 31.2. The van der Waals surface area contributed by atoms with E-state index in [0.717, 1.165) is 44.5 Å². The highest BCUT2D eigenvalue weighted by atomic mass is 15.1. The van der Waals surface area contributed by atoms with Gasteiger partial charge in [0.15, 0.2) is 17.5 Å². The number of para-hydroxylation sites is 2. The van der Waals surface area contributed by atoms with Crippen molar-refractivity contribution in [2.75, 3.05) is 0 Å². The first-order valence-corrected chi connectivity index (χ1v) is 50.8. The zero-order valence-electron chi connectivity index (χ0n) is 81.1. The maximum atomic E-state index is 4.97. The Kier molecular flexibility index (Phi) is 19.7. The molecule has 4 aliphatic rings. The van der Waals surface area contributed by atoms with Gasteiger partial charge in [-0.2, -0.15) is 0 Å². The summed E-state index contributed by atoms with van der Waals surface area (Å²) in [5.41, 5.74) is 39.7. The monoisotopic (exact) mass is 1910 g/mol. The fraction of sp³-hybridized carbons (Fsp3) is 0.00719. The molecule has 33 rings (SSSR count). The molecule has 0 spiro atoms. The minimum atomic E-state index is 0.685.